The number of hydrogen-bond acceptors (Lipinski definition) is 5. The maximum absolute atomic E-state index is 12.2. The summed E-state index contributed by atoms with van der Waals surface area (Å²) in [7, 11) is 1.60. The second kappa shape index (κ2) is 6.69. The minimum Gasteiger partial charge on any atom is -0.497 e. The quantitative estimate of drug-likeness (QED) is 0.845. The smallest absolute Gasteiger partial charge is 0.266 e. The number of thiol groups is 1. The first-order valence-electron chi connectivity index (χ1n) is 7.28. The fourth-order valence-corrected chi connectivity index (χ4v) is 2.97. The second-order valence-electron chi connectivity index (χ2n) is 5.17. The fourth-order valence-electron chi connectivity index (χ4n) is 2.58. The highest BCUT2D eigenvalue weighted by atomic mass is 32.1. The van der Waals surface area contributed by atoms with Crippen LogP contribution >= 0.6 is 12.6 Å². The molecule has 0 radical (unpaired) electrons. The summed E-state index contributed by atoms with van der Waals surface area (Å²) in [6.07, 6.45) is -0.463. The number of benzene rings is 2. The van der Waals surface area contributed by atoms with Crippen LogP contribution in [0.4, 0.5) is 5.69 Å². The van der Waals surface area contributed by atoms with Gasteiger partial charge in [-0.15, -0.1) is 12.6 Å². The summed E-state index contributed by atoms with van der Waals surface area (Å²) in [6, 6.07) is 18.8. The van der Waals surface area contributed by atoms with Gasteiger partial charge in [0.2, 0.25) is 0 Å². The zero-order chi connectivity index (χ0) is 17.1. The first-order chi connectivity index (χ1) is 11.7. The highest BCUT2D eigenvalue weighted by molar-refractivity contribution is 7.84. The number of carbonyl (C=O) groups is 1. The Morgan fingerprint density at radius 1 is 1.17 bits per heavy atom. The van der Waals surface area contributed by atoms with E-state index in [4.69, 9.17) is 4.74 Å². The molecule has 5 nitrogen and oxygen atoms in total. The predicted molar refractivity (Wildman–Crippen MR) is 94.4 cm³/mol. The van der Waals surface area contributed by atoms with Crippen molar-refractivity contribution in [3.05, 3.63) is 70.8 Å². The van der Waals surface area contributed by atoms with E-state index in [0.29, 0.717) is 5.03 Å². The van der Waals surface area contributed by atoms with E-state index in [1.54, 1.807) is 7.11 Å². The van der Waals surface area contributed by atoms with Crippen LogP contribution in [0, 0.1) is 11.3 Å². The minimum absolute atomic E-state index is 0.00746. The van der Waals surface area contributed by atoms with Crippen LogP contribution < -0.4 is 15.0 Å². The van der Waals surface area contributed by atoms with Crippen LogP contribution in [0.15, 0.2) is 65.2 Å². The Morgan fingerprint density at radius 3 is 2.42 bits per heavy atom. The van der Waals surface area contributed by atoms with E-state index < -0.39 is 12.1 Å². The van der Waals surface area contributed by atoms with Crippen molar-refractivity contribution in [1.29, 1.82) is 5.26 Å². The predicted octanol–water partition coefficient (Wildman–Crippen LogP) is 3.00. The first kappa shape index (κ1) is 16.0. The number of rotatable bonds is 3. The number of methoxy groups -OCH3 is 1. The average molecular weight is 337 g/mol. The van der Waals surface area contributed by atoms with Crippen molar-refractivity contribution in [3.8, 4) is 11.8 Å². The fraction of sp³-hybridized carbons (Fsp3) is 0.111. The summed E-state index contributed by atoms with van der Waals surface area (Å²) in [6.45, 7) is 0. The summed E-state index contributed by atoms with van der Waals surface area (Å²) in [4.78, 5) is 14.1. The van der Waals surface area contributed by atoms with Crippen LogP contribution in [0.3, 0.4) is 0 Å². The molecule has 120 valence electrons. The molecule has 6 heteroatoms. The number of nitrogens with zero attached hydrogens (tertiary/aromatic N) is 2. The van der Waals surface area contributed by atoms with E-state index in [0.717, 1.165) is 17.0 Å². The number of anilines is 1. The Bertz CT molecular complexity index is 826. The molecule has 1 aliphatic rings. The molecular formula is C18H15N3O2S. The van der Waals surface area contributed by atoms with Crippen molar-refractivity contribution in [3.63, 3.8) is 0 Å². The summed E-state index contributed by atoms with van der Waals surface area (Å²) in [5.41, 5.74) is 1.68. The van der Waals surface area contributed by atoms with Gasteiger partial charge in [0.05, 0.1) is 12.1 Å². The molecule has 0 aliphatic carbocycles. The maximum atomic E-state index is 12.2. The molecule has 3 rings (SSSR count). The van der Waals surface area contributed by atoms with E-state index in [1.165, 1.54) is 0 Å². The van der Waals surface area contributed by atoms with Gasteiger partial charge in [-0.1, -0.05) is 30.3 Å². The molecule has 0 saturated carbocycles. The van der Waals surface area contributed by atoms with Crippen LogP contribution in [0.1, 0.15) is 11.7 Å². The number of hydrogen-bond donors (Lipinski definition) is 2. The highest BCUT2D eigenvalue weighted by Crippen LogP contribution is 2.35. The minimum atomic E-state index is -0.463. The zero-order valence-electron chi connectivity index (χ0n) is 12.9. The summed E-state index contributed by atoms with van der Waals surface area (Å²) >= 11 is 4.45. The molecule has 0 unspecified atom stereocenters. The van der Waals surface area contributed by atoms with Gasteiger partial charge in [0.1, 0.15) is 23.6 Å². The molecule has 0 saturated heterocycles. The molecule has 0 aromatic heterocycles. The number of nitriles is 1. The maximum Gasteiger partial charge on any atom is 0.266 e. The largest absolute Gasteiger partial charge is 0.497 e. The van der Waals surface area contributed by atoms with Gasteiger partial charge in [-0.2, -0.15) is 5.26 Å². The molecule has 1 heterocycles. The third-order valence-corrected chi connectivity index (χ3v) is 4.22. The van der Waals surface area contributed by atoms with Crippen molar-refractivity contribution in [2.24, 2.45) is 0 Å². The molecule has 24 heavy (non-hydrogen) atoms. The zero-order valence-corrected chi connectivity index (χ0v) is 13.8. The number of amides is 1. The van der Waals surface area contributed by atoms with Gasteiger partial charge in [-0.3, -0.25) is 4.79 Å². The van der Waals surface area contributed by atoms with Crippen LogP contribution in [0.5, 0.6) is 5.75 Å². The van der Waals surface area contributed by atoms with Gasteiger partial charge in [0.25, 0.3) is 5.91 Å². The third kappa shape index (κ3) is 2.82. The summed E-state index contributed by atoms with van der Waals surface area (Å²) < 4.78 is 5.18. The van der Waals surface area contributed by atoms with Gasteiger partial charge >= 0.3 is 0 Å². The monoisotopic (exact) mass is 337 g/mol. The van der Waals surface area contributed by atoms with Crippen LogP contribution in [-0.2, 0) is 4.79 Å². The van der Waals surface area contributed by atoms with Crippen molar-refractivity contribution in [1.82, 2.24) is 5.32 Å². The lowest BCUT2D eigenvalue weighted by Gasteiger charge is -2.38. The molecule has 1 N–H and O–H groups in total. The van der Waals surface area contributed by atoms with E-state index in [-0.39, 0.29) is 5.57 Å². The Balaban J connectivity index is 2.11. The number of ether oxygens (including phenoxy) is 1. The van der Waals surface area contributed by atoms with Gasteiger partial charge in [0.15, 0.2) is 0 Å². The molecule has 0 fully saturated rings. The number of carbonyl (C=O) groups excluding carboxylic acids is 1. The van der Waals surface area contributed by atoms with E-state index in [9.17, 15) is 10.1 Å². The normalized spacial score (nSPS) is 17.3. The van der Waals surface area contributed by atoms with Gasteiger partial charge in [0, 0.05) is 5.69 Å². The lowest BCUT2D eigenvalue weighted by atomic mass is 10.1. The molecule has 2 aromatic carbocycles. The van der Waals surface area contributed by atoms with Crippen molar-refractivity contribution in [2.45, 2.75) is 6.17 Å². The Hall–Kier alpha value is -2.91. The van der Waals surface area contributed by atoms with E-state index >= 15 is 0 Å². The molecule has 2 aromatic rings. The lowest BCUT2D eigenvalue weighted by Crippen LogP contribution is -2.46. The molecule has 0 bridgehead atoms. The van der Waals surface area contributed by atoms with Gasteiger partial charge in [-0.05, 0) is 29.8 Å². The molecule has 1 atom stereocenters. The Morgan fingerprint density at radius 2 is 1.83 bits per heavy atom. The van der Waals surface area contributed by atoms with Gasteiger partial charge < -0.3 is 15.0 Å². The Labute approximate surface area is 145 Å². The van der Waals surface area contributed by atoms with Crippen molar-refractivity contribution in [2.75, 3.05) is 12.0 Å². The second-order valence-corrected chi connectivity index (χ2v) is 5.59. The highest BCUT2D eigenvalue weighted by Gasteiger charge is 2.33. The molecule has 1 aliphatic heterocycles. The standard InChI is InChI=1S/C18H15N3O2S/c1-23-14-9-7-12(8-10-14)16-20-17(22)15(11-19)18(24)21(16)13-5-3-2-4-6-13/h2-10,16,24H,1H3,(H,20,22)/t16-/m0/s1. The van der Waals surface area contributed by atoms with E-state index in [2.05, 4.69) is 17.9 Å². The van der Waals surface area contributed by atoms with Gasteiger partial charge in [-0.25, -0.2) is 0 Å². The van der Waals surface area contributed by atoms with Crippen LogP contribution in [-0.4, -0.2) is 13.0 Å². The topological polar surface area (TPSA) is 65.4 Å². The number of nitrogens with one attached hydrogen (secondary N) is 1. The molecular weight excluding hydrogens is 322 g/mol. The third-order valence-electron chi connectivity index (χ3n) is 3.78. The Kier molecular flexibility index (Phi) is 4.45. The first-order valence-corrected chi connectivity index (χ1v) is 7.73. The van der Waals surface area contributed by atoms with E-state index in [1.807, 2.05) is 65.6 Å². The SMILES string of the molecule is COc1ccc([C@H]2NC(=O)C(C#N)=C(S)N2c2ccccc2)cc1. The molecule has 0 spiro atoms. The van der Waals surface area contributed by atoms with Crippen LogP contribution in [0.2, 0.25) is 0 Å². The van der Waals surface area contributed by atoms with Crippen LogP contribution in [0.25, 0.3) is 0 Å². The van der Waals surface area contributed by atoms with Crippen molar-refractivity contribution < 1.29 is 9.53 Å². The summed E-state index contributed by atoms with van der Waals surface area (Å²) in [5.74, 6) is 0.294. The summed E-state index contributed by atoms with van der Waals surface area (Å²) in [5, 5.41) is 12.5. The number of para-hydroxylation sites is 1. The lowest BCUT2D eigenvalue weighted by molar-refractivity contribution is -0.118. The average Bonchev–Trinajstić information content (AvgIpc) is 2.62. The molecule has 1 amide bonds. The van der Waals surface area contributed by atoms with Crippen molar-refractivity contribution >= 4 is 24.2 Å².